The van der Waals surface area contributed by atoms with Crippen LogP contribution in [0.3, 0.4) is 0 Å². The number of rotatable bonds is 7. The largest absolute Gasteiger partial charge is 0.496 e. The lowest BCUT2D eigenvalue weighted by atomic mass is 10.1. The first-order valence-corrected chi connectivity index (χ1v) is 8.88. The number of morpholine rings is 1. The molecule has 0 aliphatic carbocycles. The van der Waals surface area contributed by atoms with Crippen LogP contribution in [0, 0.1) is 6.92 Å². The maximum atomic E-state index is 12.7. The third-order valence-corrected chi connectivity index (χ3v) is 4.48. The number of para-hydroxylation sites is 1. The maximum Gasteiger partial charge on any atom is 0.257 e. The topological polar surface area (TPSA) is 76.8 Å². The van der Waals surface area contributed by atoms with Crippen molar-refractivity contribution >= 4 is 5.91 Å². The highest BCUT2D eigenvalue weighted by Gasteiger charge is 2.23. The predicted octanol–water partition coefficient (Wildman–Crippen LogP) is 2.11. The summed E-state index contributed by atoms with van der Waals surface area (Å²) < 4.78 is 16.1. The summed E-state index contributed by atoms with van der Waals surface area (Å²) >= 11 is 0. The summed E-state index contributed by atoms with van der Waals surface area (Å²) in [6.07, 6.45) is 0.889. The van der Waals surface area contributed by atoms with E-state index < -0.39 is 0 Å². The molecule has 1 aromatic heterocycles. The van der Waals surface area contributed by atoms with Crippen LogP contribution in [-0.4, -0.2) is 62.5 Å². The number of benzene rings is 1. The molecule has 0 saturated carbocycles. The molecule has 7 nitrogen and oxygen atoms in total. The van der Waals surface area contributed by atoms with Gasteiger partial charge in [-0.25, -0.2) is 0 Å². The summed E-state index contributed by atoms with van der Waals surface area (Å²) in [4.78, 5) is 15.0. The van der Waals surface area contributed by atoms with Crippen molar-refractivity contribution in [3.63, 3.8) is 0 Å². The number of aromatic nitrogens is 1. The Labute approximate surface area is 153 Å². The zero-order valence-corrected chi connectivity index (χ0v) is 15.3. The second kappa shape index (κ2) is 8.82. The molecule has 7 heteroatoms. The molecule has 1 fully saturated rings. The van der Waals surface area contributed by atoms with Crippen molar-refractivity contribution in [2.24, 2.45) is 0 Å². The van der Waals surface area contributed by atoms with Crippen LogP contribution in [0.5, 0.6) is 5.75 Å². The van der Waals surface area contributed by atoms with Gasteiger partial charge in [-0.1, -0.05) is 17.3 Å². The third-order valence-electron chi connectivity index (χ3n) is 4.48. The molecule has 2 aromatic rings. The van der Waals surface area contributed by atoms with E-state index in [0.717, 1.165) is 39.3 Å². The Balaban J connectivity index is 1.63. The molecule has 0 atom stereocenters. The van der Waals surface area contributed by atoms with Crippen molar-refractivity contribution < 1.29 is 18.8 Å². The highest BCUT2D eigenvalue weighted by molar-refractivity contribution is 6.01. The Kier molecular flexibility index (Phi) is 6.25. The van der Waals surface area contributed by atoms with Gasteiger partial charge in [-0.15, -0.1) is 0 Å². The quantitative estimate of drug-likeness (QED) is 0.763. The molecule has 0 radical (unpaired) electrons. The molecule has 0 unspecified atom stereocenters. The summed E-state index contributed by atoms with van der Waals surface area (Å²) in [5.74, 6) is 0.905. The molecular formula is C19H25N3O4. The van der Waals surface area contributed by atoms with Crippen LogP contribution in [-0.2, 0) is 4.74 Å². The molecule has 1 aliphatic heterocycles. The zero-order valence-electron chi connectivity index (χ0n) is 15.3. The van der Waals surface area contributed by atoms with Gasteiger partial charge in [0, 0.05) is 19.6 Å². The van der Waals surface area contributed by atoms with Gasteiger partial charge in [0.05, 0.1) is 31.6 Å². The highest BCUT2D eigenvalue weighted by Crippen LogP contribution is 2.33. The minimum atomic E-state index is -0.174. The molecule has 0 bridgehead atoms. The van der Waals surface area contributed by atoms with E-state index in [4.69, 9.17) is 14.0 Å². The maximum absolute atomic E-state index is 12.7. The predicted molar refractivity (Wildman–Crippen MR) is 97.4 cm³/mol. The van der Waals surface area contributed by atoms with E-state index in [1.165, 1.54) is 0 Å². The molecule has 1 saturated heterocycles. The van der Waals surface area contributed by atoms with Gasteiger partial charge in [-0.05, 0) is 32.0 Å². The van der Waals surface area contributed by atoms with Crippen LogP contribution in [0.2, 0.25) is 0 Å². The average molecular weight is 359 g/mol. The van der Waals surface area contributed by atoms with E-state index in [2.05, 4.69) is 15.4 Å². The number of nitrogens with one attached hydrogen (secondary N) is 1. The minimum Gasteiger partial charge on any atom is -0.496 e. The molecule has 2 heterocycles. The Morgan fingerprint density at radius 3 is 2.85 bits per heavy atom. The van der Waals surface area contributed by atoms with Gasteiger partial charge in [-0.3, -0.25) is 9.69 Å². The number of amides is 1. The van der Waals surface area contributed by atoms with Gasteiger partial charge in [0.25, 0.3) is 5.91 Å². The number of nitrogens with zero attached hydrogens (tertiary/aromatic N) is 2. The molecule has 0 spiro atoms. The third kappa shape index (κ3) is 4.23. The fourth-order valence-electron chi connectivity index (χ4n) is 3.07. The van der Waals surface area contributed by atoms with Gasteiger partial charge >= 0.3 is 0 Å². The van der Waals surface area contributed by atoms with E-state index in [1.54, 1.807) is 14.0 Å². The van der Waals surface area contributed by atoms with Crippen molar-refractivity contribution in [3.8, 4) is 17.1 Å². The van der Waals surface area contributed by atoms with Gasteiger partial charge in [0.2, 0.25) is 0 Å². The molecular weight excluding hydrogens is 334 g/mol. The number of hydrogen-bond acceptors (Lipinski definition) is 6. The van der Waals surface area contributed by atoms with Crippen LogP contribution < -0.4 is 10.1 Å². The van der Waals surface area contributed by atoms with Gasteiger partial charge in [0.15, 0.2) is 5.76 Å². The molecule has 1 N–H and O–H groups in total. The molecule has 1 aliphatic rings. The molecule has 140 valence electrons. The minimum absolute atomic E-state index is 0.174. The summed E-state index contributed by atoms with van der Waals surface area (Å²) in [5, 5.41) is 6.95. The van der Waals surface area contributed by atoms with Gasteiger partial charge in [0.1, 0.15) is 11.3 Å². The second-order valence-corrected chi connectivity index (χ2v) is 6.24. The zero-order chi connectivity index (χ0) is 18.4. The van der Waals surface area contributed by atoms with E-state index in [-0.39, 0.29) is 5.91 Å². The fourth-order valence-corrected chi connectivity index (χ4v) is 3.07. The monoisotopic (exact) mass is 359 g/mol. The van der Waals surface area contributed by atoms with Crippen molar-refractivity contribution in [1.82, 2.24) is 15.4 Å². The Morgan fingerprint density at radius 2 is 2.08 bits per heavy atom. The fraction of sp³-hybridized carbons (Fsp3) is 0.474. The lowest BCUT2D eigenvalue weighted by molar-refractivity contribution is 0.0374. The number of ether oxygens (including phenoxy) is 2. The summed E-state index contributed by atoms with van der Waals surface area (Å²) in [6, 6.07) is 7.43. The van der Waals surface area contributed by atoms with Crippen LogP contribution in [0.1, 0.15) is 22.5 Å². The lowest BCUT2D eigenvalue weighted by Gasteiger charge is -2.26. The first kappa shape index (κ1) is 18.4. The van der Waals surface area contributed by atoms with Gasteiger partial charge in [-0.2, -0.15) is 0 Å². The number of aryl methyl sites for hydroxylation is 1. The SMILES string of the molecule is COc1ccccc1-c1onc(C)c1C(=O)NCCCN1CCOCC1. The standard InChI is InChI=1S/C19H25N3O4/c1-14-17(18(26-21-14)15-6-3-4-7-16(15)24-2)19(23)20-8-5-9-22-10-12-25-13-11-22/h3-4,6-7H,5,8-13H2,1-2H3,(H,20,23). The van der Waals surface area contributed by atoms with Crippen LogP contribution in [0.25, 0.3) is 11.3 Å². The summed E-state index contributed by atoms with van der Waals surface area (Å²) in [5.41, 5.74) is 1.74. The summed E-state index contributed by atoms with van der Waals surface area (Å²) in [7, 11) is 1.59. The van der Waals surface area contributed by atoms with E-state index >= 15 is 0 Å². The second-order valence-electron chi connectivity index (χ2n) is 6.24. The van der Waals surface area contributed by atoms with Crippen molar-refractivity contribution in [2.75, 3.05) is 46.5 Å². The van der Waals surface area contributed by atoms with Crippen LogP contribution in [0.4, 0.5) is 0 Å². The Hall–Kier alpha value is -2.38. The normalized spacial score (nSPS) is 15.0. The smallest absolute Gasteiger partial charge is 0.257 e. The van der Waals surface area contributed by atoms with Crippen molar-refractivity contribution in [2.45, 2.75) is 13.3 Å². The Bertz CT molecular complexity index is 738. The molecule has 26 heavy (non-hydrogen) atoms. The highest BCUT2D eigenvalue weighted by atomic mass is 16.5. The van der Waals surface area contributed by atoms with Crippen LogP contribution >= 0.6 is 0 Å². The number of methoxy groups -OCH3 is 1. The van der Waals surface area contributed by atoms with E-state index in [9.17, 15) is 4.79 Å². The number of carbonyl (C=O) groups excluding carboxylic acids is 1. The molecule has 3 rings (SSSR count). The van der Waals surface area contributed by atoms with E-state index in [0.29, 0.717) is 34.9 Å². The van der Waals surface area contributed by atoms with Crippen molar-refractivity contribution in [1.29, 1.82) is 0 Å². The lowest BCUT2D eigenvalue weighted by Crippen LogP contribution is -2.38. The first-order chi connectivity index (χ1) is 12.7. The average Bonchev–Trinajstić information content (AvgIpc) is 3.07. The summed E-state index contributed by atoms with van der Waals surface area (Å²) in [6.45, 7) is 6.80. The molecule has 1 amide bonds. The van der Waals surface area contributed by atoms with Crippen molar-refractivity contribution in [3.05, 3.63) is 35.5 Å². The first-order valence-electron chi connectivity index (χ1n) is 8.88. The van der Waals surface area contributed by atoms with Gasteiger partial charge < -0.3 is 19.3 Å². The van der Waals surface area contributed by atoms with E-state index in [1.807, 2.05) is 24.3 Å². The van der Waals surface area contributed by atoms with Crippen LogP contribution in [0.15, 0.2) is 28.8 Å². The molecule has 1 aromatic carbocycles. The Morgan fingerprint density at radius 1 is 1.31 bits per heavy atom. The number of hydrogen-bond donors (Lipinski definition) is 1. The number of carbonyl (C=O) groups is 1.